The maximum atomic E-state index is 11.9. The zero-order valence-electron chi connectivity index (χ0n) is 12.4. The summed E-state index contributed by atoms with van der Waals surface area (Å²) in [5, 5.41) is 9.22. The summed E-state index contributed by atoms with van der Waals surface area (Å²) in [5.41, 5.74) is 1.18. The lowest BCUT2D eigenvalue weighted by atomic mass is 10.1. The molecule has 7 heteroatoms. The molecule has 1 saturated heterocycles. The third-order valence-electron chi connectivity index (χ3n) is 3.45. The molecule has 0 aliphatic carbocycles. The summed E-state index contributed by atoms with van der Waals surface area (Å²) in [6, 6.07) is 5.50. The van der Waals surface area contributed by atoms with Crippen LogP contribution in [0.5, 0.6) is 0 Å². The Bertz CT molecular complexity index is 532. The molecule has 1 atom stereocenters. The highest BCUT2D eigenvalue weighted by Crippen LogP contribution is 2.25. The van der Waals surface area contributed by atoms with E-state index < -0.39 is 0 Å². The molecule has 1 fully saturated rings. The second-order valence-electron chi connectivity index (χ2n) is 5.26. The van der Waals surface area contributed by atoms with Gasteiger partial charge in [-0.2, -0.15) is 0 Å². The van der Waals surface area contributed by atoms with Crippen molar-refractivity contribution in [3.63, 3.8) is 0 Å². The standard InChI is InChI=1S/C15H20ClN3O2.ClH/c1-10(20)18-14-6-4-12(9-13(14)16)19-15(21)7-5-11-3-2-8-17-11;/h4,6,9,11,17H,2-3,5,7-8H2,1H3,(H,18,20)(H,19,21);1H. The minimum absolute atomic E-state index is 0. The van der Waals surface area contributed by atoms with Crippen molar-refractivity contribution in [2.45, 2.75) is 38.6 Å². The molecule has 122 valence electrons. The molecule has 22 heavy (non-hydrogen) atoms. The van der Waals surface area contributed by atoms with Crippen molar-refractivity contribution in [2.75, 3.05) is 17.2 Å². The van der Waals surface area contributed by atoms with Gasteiger partial charge >= 0.3 is 0 Å². The highest BCUT2D eigenvalue weighted by Gasteiger charge is 2.15. The Morgan fingerprint density at radius 2 is 2.14 bits per heavy atom. The van der Waals surface area contributed by atoms with Crippen molar-refractivity contribution >= 4 is 47.2 Å². The van der Waals surface area contributed by atoms with Gasteiger partial charge in [0.15, 0.2) is 0 Å². The Kier molecular flexibility index (Phi) is 7.65. The maximum Gasteiger partial charge on any atom is 0.224 e. The van der Waals surface area contributed by atoms with E-state index in [0.717, 1.165) is 19.4 Å². The third-order valence-corrected chi connectivity index (χ3v) is 3.76. The molecule has 2 rings (SSSR count). The van der Waals surface area contributed by atoms with Crippen LogP contribution in [0.4, 0.5) is 11.4 Å². The van der Waals surface area contributed by atoms with Crippen LogP contribution >= 0.6 is 24.0 Å². The molecular formula is C15H21Cl2N3O2. The SMILES string of the molecule is CC(=O)Nc1ccc(NC(=O)CCC2CCCN2)cc1Cl.Cl. The van der Waals surface area contributed by atoms with Crippen LogP contribution < -0.4 is 16.0 Å². The predicted octanol–water partition coefficient (Wildman–Crippen LogP) is 3.19. The van der Waals surface area contributed by atoms with E-state index in [0.29, 0.717) is 28.9 Å². The van der Waals surface area contributed by atoms with E-state index in [1.165, 1.54) is 13.3 Å². The summed E-state index contributed by atoms with van der Waals surface area (Å²) >= 11 is 6.06. The van der Waals surface area contributed by atoms with Crippen molar-refractivity contribution in [2.24, 2.45) is 0 Å². The first-order valence-corrected chi connectivity index (χ1v) is 7.53. The summed E-state index contributed by atoms with van der Waals surface area (Å²) < 4.78 is 0. The molecule has 0 bridgehead atoms. The lowest BCUT2D eigenvalue weighted by Crippen LogP contribution is -2.23. The Labute approximate surface area is 141 Å². The van der Waals surface area contributed by atoms with Gasteiger partial charge in [0.05, 0.1) is 10.7 Å². The third kappa shape index (κ3) is 5.83. The zero-order chi connectivity index (χ0) is 15.2. The molecule has 1 heterocycles. The summed E-state index contributed by atoms with van der Waals surface area (Å²) in [7, 11) is 0. The molecule has 0 aromatic heterocycles. The van der Waals surface area contributed by atoms with Crippen LogP contribution in [-0.2, 0) is 9.59 Å². The number of nitrogens with one attached hydrogen (secondary N) is 3. The average Bonchev–Trinajstić information content (AvgIpc) is 2.92. The molecule has 3 N–H and O–H groups in total. The number of hydrogen-bond acceptors (Lipinski definition) is 3. The number of anilines is 2. The maximum absolute atomic E-state index is 11.9. The van der Waals surface area contributed by atoms with Gasteiger partial charge in [-0.1, -0.05) is 11.6 Å². The predicted molar refractivity (Wildman–Crippen MR) is 91.9 cm³/mol. The fourth-order valence-corrected chi connectivity index (χ4v) is 2.64. The molecule has 0 saturated carbocycles. The number of hydrogen-bond donors (Lipinski definition) is 3. The summed E-state index contributed by atoms with van der Waals surface area (Å²) in [4.78, 5) is 22.9. The van der Waals surface area contributed by atoms with Crippen LogP contribution in [0.2, 0.25) is 5.02 Å². The molecule has 0 radical (unpaired) electrons. The van der Waals surface area contributed by atoms with E-state index >= 15 is 0 Å². The van der Waals surface area contributed by atoms with Gasteiger partial charge < -0.3 is 16.0 Å². The van der Waals surface area contributed by atoms with Crippen LogP contribution in [0.1, 0.15) is 32.6 Å². The van der Waals surface area contributed by atoms with Crippen molar-refractivity contribution < 1.29 is 9.59 Å². The fraction of sp³-hybridized carbons (Fsp3) is 0.467. The topological polar surface area (TPSA) is 70.2 Å². The second-order valence-corrected chi connectivity index (χ2v) is 5.66. The molecule has 5 nitrogen and oxygen atoms in total. The van der Waals surface area contributed by atoms with Gasteiger partial charge in [-0.3, -0.25) is 9.59 Å². The largest absolute Gasteiger partial charge is 0.326 e. The molecule has 2 amide bonds. The number of carbonyl (C=O) groups is 2. The van der Waals surface area contributed by atoms with Crippen molar-refractivity contribution in [3.05, 3.63) is 23.2 Å². The quantitative estimate of drug-likeness (QED) is 0.767. The Morgan fingerprint density at radius 3 is 2.73 bits per heavy atom. The molecule has 1 unspecified atom stereocenters. The fourth-order valence-electron chi connectivity index (χ4n) is 2.42. The van der Waals surface area contributed by atoms with E-state index in [1.54, 1.807) is 18.2 Å². The van der Waals surface area contributed by atoms with Crippen LogP contribution in [0, 0.1) is 0 Å². The number of rotatable bonds is 5. The summed E-state index contributed by atoms with van der Waals surface area (Å²) in [6.07, 6.45) is 3.67. The molecule has 1 aromatic rings. The lowest BCUT2D eigenvalue weighted by Gasteiger charge is -2.11. The van der Waals surface area contributed by atoms with E-state index in [9.17, 15) is 9.59 Å². The first-order valence-electron chi connectivity index (χ1n) is 7.15. The van der Waals surface area contributed by atoms with Gasteiger partial charge in [-0.05, 0) is 44.0 Å². The molecular weight excluding hydrogens is 325 g/mol. The van der Waals surface area contributed by atoms with Gasteiger partial charge in [0.2, 0.25) is 11.8 Å². The first kappa shape index (κ1) is 18.7. The highest BCUT2D eigenvalue weighted by molar-refractivity contribution is 6.34. The number of amides is 2. The van der Waals surface area contributed by atoms with Crippen LogP contribution in [0.3, 0.4) is 0 Å². The lowest BCUT2D eigenvalue weighted by molar-refractivity contribution is -0.116. The highest BCUT2D eigenvalue weighted by atomic mass is 35.5. The molecule has 1 aromatic carbocycles. The monoisotopic (exact) mass is 345 g/mol. The Hall–Kier alpha value is -1.30. The summed E-state index contributed by atoms with van der Waals surface area (Å²) in [6.45, 7) is 2.47. The zero-order valence-corrected chi connectivity index (χ0v) is 14.0. The molecule has 0 spiro atoms. The number of halogens is 2. The van der Waals surface area contributed by atoms with Crippen LogP contribution in [0.15, 0.2) is 18.2 Å². The van der Waals surface area contributed by atoms with Gasteiger partial charge in [-0.25, -0.2) is 0 Å². The van der Waals surface area contributed by atoms with Gasteiger partial charge in [0.1, 0.15) is 0 Å². The van der Waals surface area contributed by atoms with E-state index in [-0.39, 0.29) is 24.2 Å². The first-order chi connectivity index (χ1) is 10.0. The van der Waals surface area contributed by atoms with E-state index in [2.05, 4.69) is 16.0 Å². The smallest absolute Gasteiger partial charge is 0.224 e. The number of carbonyl (C=O) groups excluding carboxylic acids is 2. The van der Waals surface area contributed by atoms with Crippen LogP contribution in [-0.4, -0.2) is 24.4 Å². The Morgan fingerprint density at radius 1 is 1.36 bits per heavy atom. The Balaban J connectivity index is 0.00000242. The minimum atomic E-state index is -0.183. The molecule has 1 aliphatic rings. The number of benzene rings is 1. The van der Waals surface area contributed by atoms with Gasteiger partial charge in [0.25, 0.3) is 0 Å². The normalized spacial score (nSPS) is 16.7. The molecule has 1 aliphatic heterocycles. The van der Waals surface area contributed by atoms with Crippen molar-refractivity contribution in [1.29, 1.82) is 0 Å². The van der Waals surface area contributed by atoms with E-state index in [1.807, 2.05) is 0 Å². The second kappa shape index (κ2) is 8.98. The summed E-state index contributed by atoms with van der Waals surface area (Å²) in [5.74, 6) is -0.204. The van der Waals surface area contributed by atoms with Crippen LogP contribution in [0.25, 0.3) is 0 Å². The minimum Gasteiger partial charge on any atom is -0.326 e. The average molecular weight is 346 g/mol. The van der Waals surface area contributed by atoms with Gasteiger partial charge in [-0.15, -0.1) is 12.4 Å². The van der Waals surface area contributed by atoms with Gasteiger partial charge in [0, 0.05) is 25.1 Å². The van der Waals surface area contributed by atoms with Crippen molar-refractivity contribution in [3.8, 4) is 0 Å². The van der Waals surface area contributed by atoms with E-state index in [4.69, 9.17) is 11.6 Å². The van der Waals surface area contributed by atoms with Crippen molar-refractivity contribution in [1.82, 2.24) is 5.32 Å².